The van der Waals surface area contributed by atoms with Crippen molar-refractivity contribution in [1.29, 1.82) is 0 Å². The van der Waals surface area contributed by atoms with E-state index >= 15 is 0 Å². The first-order valence-corrected chi connectivity index (χ1v) is 13.3. The summed E-state index contributed by atoms with van der Waals surface area (Å²) in [5.74, 6) is 0.928. The highest BCUT2D eigenvalue weighted by Gasteiger charge is 2.12. The Hall–Kier alpha value is -2.17. The second-order valence-corrected chi connectivity index (χ2v) is 9.72. The smallest absolute Gasteiger partial charge is 0.469 e. The lowest BCUT2D eigenvalue weighted by Gasteiger charge is -2.12. The fraction of sp³-hybridized carbons (Fsp3) is 0.407. The molecule has 5 nitrogen and oxygen atoms in total. The van der Waals surface area contributed by atoms with E-state index < -0.39 is 7.82 Å². The summed E-state index contributed by atoms with van der Waals surface area (Å²) < 4.78 is 20.6. The van der Waals surface area contributed by atoms with Crippen LogP contribution in [0.5, 0.6) is 5.75 Å². The Labute approximate surface area is 197 Å². The van der Waals surface area contributed by atoms with Crippen LogP contribution in [0.2, 0.25) is 0 Å². The van der Waals surface area contributed by atoms with Gasteiger partial charge in [0.2, 0.25) is 0 Å². The van der Waals surface area contributed by atoms with Crippen molar-refractivity contribution in [3.63, 3.8) is 0 Å². The molecule has 2 N–H and O–H groups in total. The van der Waals surface area contributed by atoms with Gasteiger partial charge in [0.25, 0.3) is 0 Å². The van der Waals surface area contributed by atoms with Gasteiger partial charge in [-0.15, -0.1) is 0 Å². The van der Waals surface area contributed by atoms with Gasteiger partial charge in [0.15, 0.2) is 0 Å². The molecule has 0 aliphatic heterocycles. The van der Waals surface area contributed by atoms with Gasteiger partial charge in [-0.3, -0.25) is 4.52 Å². The number of hydrogen-bond acceptors (Lipinski definition) is 3. The molecule has 0 heterocycles. The van der Waals surface area contributed by atoms with Crippen molar-refractivity contribution in [3.8, 4) is 5.75 Å². The summed E-state index contributed by atoms with van der Waals surface area (Å²) >= 11 is 0. The predicted molar refractivity (Wildman–Crippen MR) is 134 cm³/mol. The molecule has 0 atom stereocenters. The first kappa shape index (κ1) is 25.5. The Morgan fingerprint density at radius 2 is 1.33 bits per heavy atom. The average Bonchev–Trinajstić information content (AvgIpc) is 2.81. The number of hydrogen-bond donors (Lipinski definition) is 2. The zero-order valence-corrected chi connectivity index (χ0v) is 20.3. The topological polar surface area (TPSA) is 76.0 Å². The standard InChI is InChI=1S/C27H35O5P/c1-31-25-15-10-12-22(21-25)11-4-2-3-5-13-23-18-19-24(27-17-7-6-16-26(23)27)14-8-9-20-32-33(28,29)30/h6-7,10,12,15-19,21H,2-5,8-9,11,13-14,20H2,1H3,(H2,28,29,30). The molecule has 3 rings (SSSR count). The second kappa shape index (κ2) is 12.9. The molecule has 0 bridgehead atoms. The zero-order chi connectivity index (χ0) is 23.5. The van der Waals surface area contributed by atoms with Gasteiger partial charge in [-0.25, -0.2) is 4.57 Å². The minimum absolute atomic E-state index is 0.0815. The third-order valence-electron chi connectivity index (χ3n) is 6.00. The minimum atomic E-state index is -4.37. The highest BCUT2D eigenvalue weighted by Crippen LogP contribution is 2.36. The minimum Gasteiger partial charge on any atom is -0.497 e. The fourth-order valence-corrected chi connectivity index (χ4v) is 4.65. The number of aryl methyl sites for hydroxylation is 3. The molecule has 0 fully saturated rings. The van der Waals surface area contributed by atoms with E-state index in [0.717, 1.165) is 31.4 Å². The van der Waals surface area contributed by atoms with Crippen molar-refractivity contribution >= 4 is 18.6 Å². The fourth-order valence-electron chi connectivity index (χ4n) is 4.29. The Bertz CT molecular complexity index is 1060. The van der Waals surface area contributed by atoms with Gasteiger partial charge in [0.1, 0.15) is 5.75 Å². The van der Waals surface area contributed by atoms with E-state index in [-0.39, 0.29) is 6.61 Å². The Morgan fingerprint density at radius 3 is 1.94 bits per heavy atom. The molecule has 0 spiro atoms. The lowest BCUT2D eigenvalue weighted by atomic mass is 9.94. The summed E-state index contributed by atoms with van der Waals surface area (Å²) in [5, 5.41) is 2.60. The average molecular weight is 471 g/mol. The van der Waals surface area contributed by atoms with E-state index in [0.29, 0.717) is 6.42 Å². The van der Waals surface area contributed by atoms with Gasteiger partial charge in [-0.05, 0) is 84.5 Å². The van der Waals surface area contributed by atoms with E-state index in [4.69, 9.17) is 14.5 Å². The third kappa shape index (κ3) is 8.60. The normalized spacial score (nSPS) is 11.7. The molecule has 0 aromatic heterocycles. The first-order chi connectivity index (χ1) is 16.0. The van der Waals surface area contributed by atoms with Gasteiger partial charge in [0, 0.05) is 0 Å². The highest BCUT2D eigenvalue weighted by molar-refractivity contribution is 7.46. The molecule has 3 aromatic rings. The van der Waals surface area contributed by atoms with E-state index in [2.05, 4.69) is 59.1 Å². The van der Waals surface area contributed by atoms with E-state index in [1.54, 1.807) is 7.11 Å². The van der Waals surface area contributed by atoms with Crippen molar-refractivity contribution in [3.05, 3.63) is 77.4 Å². The lowest BCUT2D eigenvalue weighted by Crippen LogP contribution is -1.96. The molecule has 0 aliphatic rings. The number of phosphoric ester groups is 1. The van der Waals surface area contributed by atoms with Crippen LogP contribution in [0.4, 0.5) is 0 Å². The maximum absolute atomic E-state index is 10.8. The zero-order valence-electron chi connectivity index (χ0n) is 19.4. The van der Waals surface area contributed by atoms with E-state index in [1.807, 2.05) is 6.07 Å². The summed E-state index contributed by atoms with van der Waals surface area (Å²) in [6.45, 7) is 0.0815. The molecule has 6 heteroatoms. The van der Waals surface area contributed by atoms with Crippen LogP contribution in [0, 0.1) is 0 Å². The van der Waals surface area contributed by atoms with Gasteiger partial charge >= 0.3 is 7.82 Å². The molecular formula is C27H35O5P. The number of rotatable bonds is 14. The van der Waals surface area contributed by atoms with Crippen molar-refractivity contribution in [2.45, 2.75) is 57.8 Å². The lowest BCUT2D eigenvalue weighted by molar-refractivity contribution is 0.194. The molecule has 0 radical (unpaired) electrons. The van der Waals surface area contributed by atoms with Crippen molar-refractivity contribution in [1.82, 2.24) is 0 Å². The summed E-state index contributed by atoms with van der Waals surface area (Å²) in [4.78, 5) is 17.6. The van der Waals surface area contributed by atoms with Gasteiger partial charge in [0.05, 0.1) is 13.7 Å². The SMILES string of the molecule is COc1cccc(CCCCCCc2ccc(CCCCOP(=O)(O)O)c3ccccc23)c1. The van der Waals surface area contributed by atoms with Crippen LogP contribution in [0.1, 0.15) is 55.2 Å². The Balaban J connectivity index is 1.45. The van der Waals surface area contributed by atoms with Crippen LogP contribution < -0.4 is 4.74 Å². The summed E-state index contributed by atoms with van der Waals surface area (Å²) in [6, 6.07) is 21.3. The molecule has 178 valence electrons. The van der Waals surface area contributed by atoms with Crippen LogP contribution in [0.15, 0.2) is 60.7 Å². The number of unbranched alkanes of at least 4 members (excludes halogenated alkanes) is 4. The van der Waals surface area contributed by atoms with Crippen LogP contribution in [-0.4, -0.2) is 23.5 Å². The number of phosphoric acid groups is 1. The monoisotopic (exact) mass is 470 g/mol. The molecule has 33 heavy (non-hydrogen) atoms. The van der Waals surface area contributed by atoms with Gasteiger partial charge in [-0.1, -0.05) is 61.4 Å². The maximum atomic E-state index is 10.8. The van der Waals surface area contributed by atoms with Crippen LogP contribution in [0.3, 0.4) is 0 Å². The maximum Gasteiger partial charge on any atom is 0.469 e. The molecular weight excluding hydrogens is 435 g/mol. The number of fused-ring (bicyclic) bond motifs is 1. The molecule has 3 aromatic carbocycles. The Kier molecular flexibility index (Phi) is 9.95. The van der Waals surface area contributed by atoms with Crippen LogP contribution in [0.25, 0.3) is 10.8 Å². The van der Waals surface area contributed by atoms with Crippen molar-refractivity contribution in [2.75, 3.05) is 13.7 Å². The number of benzene rings is 3. The van der Waals surface area contributed by atoms with E-state index in [9.17, 15) is 4.57 Å². The highest BCUT2D eigenvalue weighted by atomic mass is 31.2. The molecule has 0 saturated carbocycles. The van der Waals surface area contributed by atoms with Gasteiger partial charge < -0.3 is 14.5 Å². The summed E-state index contributed by atoms with van der Waals surface area (Å²) in [6.07, 6.45) is 9.32. The summed E-state index contributed by atoms with van der Waals surface area (Å²) in [7, 11) is -2.66. The van der Waals surface area contributed by atoms with Crippen LogP contribution in [-0.2, 0) is 28.4 Å². The largest absolute Gasteiger partial charge is 0.497 e. The second-order valence-electron chi connectivity index (χ2n) is 8.48. The first-order valence-electron chi connectivity index (χ1n) is 11.8. The van der Waals surface area contributed by atoms with Crippen molar-refractivity contribution in [2.24, 2.45) is 0 Å². The summed E-state index contributed by atoms with van der Waals surface area (Å²) in [5.41, 5.74) is 4.01. The molecule has 0 unspecified atom stereocenters. The predicted octanol–water partition coefficient (Wildman–Crippen LogP) is 6.63. The molecule has 0 saturated heterocycles. The van der Waals surface area contributed by atoms with Crippen LogP contribution >= 0.6 is 7.82 Å². The number of ether oxygens (including phenoxy) is 1. The van der Waals surface area contributed by atoms with Gasteiger partial charge in [-0.2, -0.15) is 0 Å². The molecule has 0 aliphatic carbocycles. The molecule has 0 amide bonds. The quantitative estimate of drug-likeness (QED) is 0.204. The number of methoxy groups -OCH3 is 1. The third-order valence-corrected chi connectivity index (χ3v) is 6.52. The Morgan fingerprint density at radius 1 is 0.727 bits per heavy atom. The van der Waals surface area contributed by atoms with Crippen molar-refractivity contribution < 1.29 is 23.6 Å². The van der Waals surface area contributed by atoms with E-state index in [1.165, 1.54) is 53.1 Å².